The van der Waals surface area contributed by atoms with Gasteiger partial charge in [0.05, 0.1) is 33.5 Å². The van der Waals surface area contributed by atoms with Crippen LogP contribution in [0.1, 0.15) is 38.1 Å². The lowest BCUT2D eigenvalue weighted by Gasteiger charge is -2.15. The van der Waals surface area contributed by atoms with Crippen molar-refractivity contribution in [1.82, 2.24) is 9.78 Å². The number of aromatic nitrogens is 2. The van der Waals surface area contributed by atoms with Gasteiger partial charge in [-0.1, -0.05) is 6.92 Å². The fourth-order valence-electron chi connectivity index (χ4n) is 2.96. The number of aliphatic hydroxyl groups excluding tert-OH is 1. The van der Waals surface area contributed by atoms with Gasteiger partial charge >= 0.3 is 0 Å². The number of aliphatic hydroxyl groups is 1. The Balaban J connectivity index is 2.03. The van der Waals surface area contributed by atoms with E-state index in [1.54, 1.807) is 0 Å². The Morgan fingerprint density at radius 1 is 1.48 bits per heavy atom. The van der Waals surface area contributed by atoms with Gasteiger partial charge in [0.2, 0.25) is 0 Å². The van der Waals surface area contributed by atoms with Crippen LogP contribution in [0.4, 0.5) is 0 Å². The highest BCUT2D eigenvalue weighted by atomic mass is 79.9. The molecule has 2 rings (SSSR count). The summed E-state index contributed by atoms with van der Waals surface area (Å²) in [4.78, 5) is 0. The second-order valence-electron chi connectivity index (χ2n) is 5.74. The molecule has 0 radical (unpaired) electrons. The Labute approximate surface area is 134 Å². The van der Waals surface area contributed by atoms with Crippen molar-refractivity contribution in [3.63, 3.8) is 0 Å². The average molecular weight is 379 g/mol. The molecule has 5 nitrogen and oxygen atoms in total. The minimum Gasteiger partial charge on any atom is -0.393 e. The molecular formula is C14H23BrN2O3S. The molecule has 2 heterocycles. The molecule has 0 bridgehead atoms. The molecule has 2 unspecified atom stereocenters. The van der Waals surface area contributed by atoms with E-state index in [2.05, 4.69) is 28.0 Å². The van der Waals surface area contributed by atoms with E-state index < -0.39 is 15.9 Å². The summed E-state index contributed by atoms with van der Waals surface area (Å²) in [5.74, 6) is 0.576. The van der Waals surface area contributed by atoms with E-state index in [0.717, 1.165) is 28.8 Å². The Bertz CT molecular complexity index is 598. The summed E-state index contributed by atoms with van der Waals surface area (Å²) in [7, 11) is -2.87. The zero-order chi connectivity index (χ0) is 15.6. The maximum Gasteiger partial charge on any atom is 0.150 e. The zero-order valence-electron chi connectivity index (χ0n) is 12.5. The number of hydrogen-bond donors (Lipinski definition) is 1. The average Bonchev–Trinajstić information content (AvgIpc) is 2.90. The third kappa shape index (κ3) is 4.07. The first kappa shape index (κ1) is 17.0. The summed E-state index contributed by atoms with van der Waals surface area (Å²) >= 11 is 3.57. The van der Waals surface area contributed by atoms with Crippen molar-refractivity contribution < 1.29 is 13.5 Å². The van der Waals surface area contributed by atoms with Crippen LogP contribution >= 0.6 is 15.9 Å². The van der Waals surface area contributed by atoms with E-state index in [0.29, 0.717) is 19.3 Å². The van der Waals surface area contributed by atoms with Crippen LogP contribution < -0.4 is 0 Å². The van der Waals surface area contributed by atoms with Crippen molar-refractivity contribution in [3.05, 3.63) is 15.9 Å². The summed E-state index contributed by atoms with van der Waals surface area (Å²) in [6.45, 7) is 4.84. The lowest BCUT2D eigenvalue weighted by Crippen LogP contribution is -2.19. The number of hydrogen-bond acceptors (Lipinski definition) is 4. The fraction of sp³-hybridized carbons (Fsp3) is 0.786. The van der Waals surface area contributed by atoms with Crippen molar-refractivity contribution in [1.29, 1.82) is 0 Å². The maximum atomic E-state index is 11.5. The predicted molar refractivity (Wildman–Crippen MR) is 86.1 cm³/mol. The van der Waals surface area contributed by atoms with Crippen LogP contribution in [0.2, 0.25) is 0 Å². The molecule has 0 aliphatic carbocycles. The van der Waals surface area contributed by atoms with E-state index in [-0.39, 0.29) is 17.4 Å². The molecule has 0 amide bonds. The summed E-state index contributed by atoms with van der Waals surface area (Å²) < 4.78 is 25.8. The Kier molecular flexibility index (Phi) is 5.48. The highest BCUT2D eigenvalue weighted by Gasteiger charge is 2.30. The normalized spacial score (nSPS) is 22.6. The lowest BCUT2D eigenvalue weighted by atomic mass is 9.98. The van der Waals surface area contributed by atoms with Crippen LogP contribution in [0.25, 0.3) is 0 Å². The van der Waals surface area contributed by atoms with Gasteiger partial charge in [0.25, 0.3) is 0 Å². The molecule has 120 valence electrons. The topological polar surface area (TPSA) is 72.2 Å². The third-order valence-corrected chi connectivity index (χ3v) is 6.81. The smallest absolute Gasteiger partial charge is 0.150 e. The molecule has 1 aromatic heterocycles. The largest absolute Gasteiger partial charge is 0.393 e. The molecule has 1 saturated heterocycles. The minimum atomic E-state index is -2.87. The van der Waals surface area contributed by atoms with Gasteiger partial charge in [0.15, 0.2) is 9.84 Å². The lowest BCUT2D eigenvalue weighted by molar-refractivity contribution is 0.144. The Morgan fingerprint density at radius 3 is 2.71 bits per heavy atom. The van der Waals surface area contributed by atoms with Gasteiger partial charge in [-0.05, 0) is 48.0 Å². The molecule has 1 fully saturated rings. The Hall–Kier alpha value is -0.400. The van der Waals surface area contributed by atoms with Gasteiger partial charge in [-0.15, -0.1) is 0 Å². The van der Waals surface area contributed by atoms with Gasteiger partial charge in [-0.2, -0.15) is 5.10 Å². The first-order valence-corrected chi connectivity index (χ1v) is 10.1. The van der Waals surface area contributed by atoms with Crippen LogP contribution in [0.3, 0.4) is 0 Å². The van der Waals surface area contributed by atoms with Crippen LogP contribution in [0.5, 0.6) is 0 Å². The third-order valence-electron chi connectivity index (χ3n) is 4.06. The highest BCUT2D eigenvalue weighted by molar-refractivity contribution is 9.10. The summed E-state index contributed by atoms with van der Waals surface area (Å²) in [5, 5.41) is 14.8. The molecular weight excluding hydrogens is 356 g/mol. The van der Waals surface area contributed by atoms with Crippen molar-refractivity contribution in [3.8, 4) is 0 Å². The van der Waals surface area contributed by atoms with Crippen molar-refractivity contribution in [2.75, 3.05) is 11.5 Å². The second kappa shape index (κ2) is 6.79. The standard InChI is InChI=1S/C14H23BrN2O3S/c1-3-12-14(15)13(17(4-2)16-12)8-11(18)7-10-5-6-21(19,20)9-10/h10-11,18H,3-9H2,1-2H3. The summed E-state index contributed by atoms with van der Waals surface area (Å²) in [6, 6.07) is 0. The number of nitrogens with zero attached hydrogens (tertiary/aromatic N) is 2. The quantitative estimate of drug-likeness (QED) is 0.820. The van der Waals surface area contributed by atoms with Crippen molar-refractivity contribution in [2.24, 2.45) is 5.92 Å². The van der Waals surface area contributed by atoms with E-state index in [4.69, 9.17) is 0 Å². The molecule has 1 N–H and O–H groups in total. The molecule has 1 aromatic rings. The van der Waals surface area contributed by atoms with Gasteiger partial charge in [-0.25, -0.2) is 8.42 Å². The monoisotopic (exact) mass is 378 g/mol. The second-order valence-corrected chi connectivity index (χ2v) is 8.76. The van der Waals surface area contributed by atoms with Crippen LogP contribution in [-0.2, 0) is 29.2 Å². The Morgan fingerprint density at radius 2 is 2.19 bits per heavy atom. The molecule has 0 saturated carbocycles. The van der Waals surface area contributed by atoms with Gasteiger partial charge < -0.3 is 5.11 Å². The van der Waals surface area contributed by atoms with E-state index in [9.17, 15) is 13.5 Å². The highest BCUT2D eigenvalue weighted by Crippen LogP contribution is 2.27. The van der Waals surface area contributed by atoms with Crippen LogP contribution in [0, 0.1) is 5.92 Å². The number of aryl methyl sites for hydroxylation is 2. The fourth-order valence-corrected chi connectivity index (χ4v) is 5.57. The molecule has 2 atom stereocenters. The van der Waals surface area contributed by atoms with Crippen LogP contribution in [0.15, 0.2) is 4.47 Å². The first-order chi connectivity index (χ1) is 9.86. The van der Waals surface area contributed by atoms with E-state index >= 15 is 0 Å². The number of sulfone groups is 1. The molecule has 7 heteroatoms. The first-order valence-electron chi connectivity index (χ1n) is 7.48. The SMILES string of the molecule is CCc1nn(CC)c(CC(O)CC2CCS(=O)(=O)C2)c1Br. The minimum absolute atomic E-state index is 0.0902. The molecule has 0 spiro atoms. The van der Waals surface area contributed by atoms with Crippen LogP contribution in [-0.4, -0.2) is 40.9 Å². The van der Waals surface area contributed by atoms with E-state index in [1.165, 1.54) is 0 Å². The predicted octanol–water partition coefficient (Wildman–Crippen LogP) is 1.96. The maximum absolute atomic E-state index is 11.5. The van der Waals surface area contributed by atoms with Crippen molar-refractivity contribution >= 4 is 25.8 Å². The van der Waals surface area contributed by atoms with E-state index in [1.807, 2.05) is 11.6 Å². The molecule has 1 aliphatic heterocycles. The molecule has 21 heavy (non-hydrogen) atoms. The molecule has 0 aromatic carbocycles. The van der Waals surface area contributed by atoms with Gasteiger partial charge in [0, 0.05) is 13.0 Å². The molecule has 1 aliphatic rings. The van der Waals surface area contributed by atoms with Gasteiger partial charge in [0.1, 0.15) is 0 Å². The van der Waals surface area contributed by atoms with Gasteiger partial charge in [-0.3, -0.25) is 4.68 Å². The summed E-state index contributed by atoms with van der Waals surface area (Å²) in [6.07, 6.45) is 2.05. The van der Waals surface area contributed by atoms with Crippen molar-refractivity contribution in [2.45, 2.75) is 52.2 Å². The zero-order valence-corrected chi connectivity index (χ0v) is 15.0. The number of rotatable bonds is 6. The number of halogens is 1. The summed E-state index contributed by atoms with van der Waals surface area (Å²) in [5.41, 5.74) is 2.00.